The molecule has 0 aliphatic rings. The van der Waals surface area contributed by atoms with Crippen LogP contribution in [-0.2, 0) is 4.79 Å². The minimum Gasteiger partial charge on any atom is -0.457 e. The maximum Gasteiger partial charge on any atom is 0.248 e. The van der Waals surface area contributed by atoms with Crippen molar-refractivity contribution in [3.8, 4) is 11.5 Å². The van der Waals surface area contributed by atoms with E-state index in [0.717, 1.165) is 0 Å². The van der Waals surface area contributed by atoms with Gasteiger partial charge in [-0.15, -0.1) is 0 Å². The van der Waals surface area contributed by atoms with E-state index < -0.39 is 5.91 Å². The lowest BCUT2D eigenvalue weighted by molar-refractivity contribution is -0.114. The van der Waals surface area contributed by atoms with Gasteiger partial charge in [0.25, 0.3) is 0 Å². The predicted octanol–water partition coefficient (Wildman–Crippen LogP) is 2.54. The highest BCUT2D eigenvalue weighted by atomic mass is 16.5. The van der Waals surface area contributed by atoms with Crippen LogP contribution in [0, 0.1) is 0 Å². The van der Waals surface area contributed by atoms with Gasteiger partial charge in [-0.05, 0) is 42.5 Å². The minimum absolute atomic E-state index is 0.132. The van der Waals surface area contributed by atoms with Crippen molar-refractivity contribution in [1.29, 1.82) is 0 Å². The molecule has 2 rings (SSSR count). The molecular weight excluding hydrogens is 256 g/mol. The van der Waals surface area contributed by atoms with Crippen LogP contribution in [0.25, 0.3) is 0 Å². The molecule has 0 saturated heterocycles. The summed E-state index contributed by atoms with van der Waals surface area (Å²) in [5.74, 6) is 0.485. The Labute approximate surface area is 116 Å². The zero-order valence-electron chi connectivity index (χ0n) is 10.9. The first kappa shape index (κ1) is 13.6. The summed E-state index contributed by atoms with van der Waals surface area (Å²) in [7, 11) is 0. The molecule has 0 bridgehead atoms. The number of nitrogens with two attached hydrogens (primary N) is 1. The van der Waals surface area contributed by atoms with Crippen molar-refractivity contribution in [2.75, 3.05) is 5.32 Å². The molecule has 2 amide bonds. The van der Waals surface area contributed by atoms with Crippen LogP contribution < -0.4 is 15.8 Å². The number of carbonyl (C=O) groups excluding carboxylic acids is 2. The molecule has 2 aromatic rings. The first-order valence-corrected chi connectivity index (χ1v) is 6.00. The van der Waals surface area contributed by atoms with Crippen molar-refractivity contribution in [2.45, 2.75) is 6.92 Å². The van der Waals surface area contributed by atoms with Crippen molar-refractivity contribution in [2.24, 2.45) is 5.73 Å². The van der Waals surface area contributed by atoms with Gasteiger partial charge in [0.05, 0.1) is 0 Å². The van der Waals surface area contributed by atoms with Gasteiger partial charge in [-0.1, -0.05) is 6.07 Å². The van der Waals surface area contributed by atoms with Gasteiger partial charge in [0.2, 0.25) is 11.8 Å². The Balaban J connectivity index is 2.11. The molecule has 2 aromatic carbocycles. The van der Waals surface area contributed by atoms with Crippen molar-refractivity contribution in [3.05, 3.63) is 54.1 Å². The fraction of sp³-hybridized carbons (Fsp3) is 0.0667. The highest BCUT2D eigenvalue weighted by Crippen LogP contribution is 2.23. The molecule has 0 fully saturated rings. The zero-order valence-corrected chi connectivity index (χ0v) is 10.9. The van der Waals surface area contributed by atoms with Crippen molar-refractivity contribution < 1.29 is 14.3 Å². The van der Waals surface area contributed by atoms with E-state index in [2.05, 4.69) is 5.32 Å². The standard InChI is InChI=1S/C15H14N2O3/c1-10(18)17-12-5-7-13(8-6-12)20-14-4-2-3-11(9-14)15(16)19/h2-9H,1H3,(H2,16,19)(H,17,18). The Bertz CT molecular complexity index is 636. The second-order valence-corrected chi connectivity index (χ2v) is 4.20. The molecule has 20 heavy (non-hydrogen) atoms. The van der Waals surface area contributed by atoms with Gasteiger partial charge in [-0.2, -0.15) is 0 Å². The molecule has 0 spiro atoms. The smallest absolute Gasteiger partial charge is 0.248 e. The summed E-state index contributed by atoms with van der Waals surface area (Å²) in [4.78, 5) is 22.0. The maximum atomic E-state index is 11.1. The maximum absolute atomic E-state index is 11.1. The van der Waals surface area contributed by atoms with Crippen LogP contribution in [0.15, 0.2) is 48.5 Å². The lowest BCUT2D eigenvalue weighted by Crippen LogP contribution is -2.10. The molecule has 0 aliphatic heterocycles. The molecule has 0 saturated carbocycles. The predicted molar refractivity (Wildman–Crippen MR) is 75.8 cm³/mol. The molecule has 5 heteroatoms. The number of amides is 2. The molecule has 0 aromatic heterocycles. The molecule has 102 valence electrons. The number of nitrogens with one attached hydrogen (secondary N) is 1. The Morgan fingerprint density at radius 3 is 2.35 bits per heavy atom. The summed E-state index contributed by atoms with van der Waals surface area (Å²) in [5.41, 5.74) is 6.28. The minimum atomic E-state index is -0.503. The molecule has 0 radical (unpaired) electrons. The highest BCUT2D eigenvalue weighted by molar-refractivity contribution is 5.93. The van der Waals surface area contributed by atoms with Gasteiger partial charge in [-0.3, -0.25) is 9.59 Å². The van der Waals surface area contributed by atoms with Crippen LogP contribution in [0.5, 0.6) is 11.5 Å². The van der Waals surface area contributed by atoms with E-state index in [0.29, 0.717) is 22.7 Å². The van der Waals surface area contributed by atoms with Crippen LogP contribution >= 0.6 is 0 Å². The molecule has 0 heterocycles. The van der Waals surface area contributed by atoms with E-state index in [1.165, 1.54) is 6.92 Å². The van der Waals surface area contributed by atoms with E-state index in [4.69, 9.17) is 10.5 Å². The number of rotatable bonds is 4. The molecule has 3 N–H and O–H groups in total. The van der Waals surface area contributed by atoms with E-state index in [1.54, 1.807) is 48.5 Å². The fourth-order valence-electron chi connectivity index (χ4n) is 1.66. The third-order valence-electron chi connectivity index (χ3n) is 2.53. The highest BCUT2D eigenvalue weighted by Gasteiger charge is 2.03. The van der Waals surface area contributed by atoms with Gasteiger partial charge in [0.15, 0.2) is 0 Å². The average Bonchev–Trinajstić information content (AvgIpc) is 2.41. The molecule has 0 unspecified atom stereocenters. The summed E-state index contributed by atoms with van der Waals surface area (Å²) in [6.07, 6.45) is 0. The van der Waals surface area contributed by atoms with Gasteiger partial charge in [0.1, 0.15) is 11.5 Å². The lowest BCUT2D eigenvalue weighted by Gasteiger charge is -2.08. The van der Waals surface area contributed by atoms with Crippen LogP contribution in [0.2, 0.25) is 0 Å². The van der Waals surface area contributed by atoms with Gasteiger partial charge in [0, 0.05) is 18.2 Å². The summed E-state index contributed by atoms with van der Waals surface area (Å²) >= 11 is 0. The summed E-state index contributed by atoms with van der Waals surface area (Å²) in [6.45, 7) is 1.44. The van der Waals surface area contributed by atoms with Gasteiger partial charge in [-0.25, -0.2) is 0 Å². The fourth-order valence-corrected chi connectivity index (χ4v) is 1.66. The SMILES string of the molecule is CC(=O)Nc1ccc(Oc2cccc(C(N)=O)c2)cc1. The number of anilines is 1. The Morgan fingerprint density at radius 2 is 1.75 bits per heavy atom. The van der Waals surface area contributed by atoms with Crippen molar-refractivity contribution >= 4 is 17.5 Å². The molecule has 0 aliphatic carbocycles. The second kappa shape index (κ2) is 5.88. The summed E-state index contributed by atoms with van der Waals surface area (Å²) in [5, 5.41) is 2.66. The quantitative estimate of drug-likeness (QED) is 0.895. The van der Waals surface area contributed by atoms with E-state index in [-0.39, 0.29) is 5.91 Å². The third-order valence-corrected chi connectivity index (χ3v) is 2.53. The molecular formula is C15H14N2O3. The number of benzene rings is 2. The average molecular weight is 270 g/mol. The Hall–Kier alpha value is -2.82. The number of hydrogen-bond donors (Lipinski definition) is 2. The van der Waals surface area contributed by atoms with Crippen molar-refractivity contribution in [3.63, 3.8) is 0 Å². The van der Waals surface area contributed by atoms with Crippen LogP contribution in [0.4, 0.5) is 5.69 Å². The first-order chi connectivity index (χ1) is 9.54. The van der Waals surface area contributed by atoms with Crippen LogP contribution in [-0.4, -0.2) is 11.8 Å². The molecule has 0 atom stereocenters. The normalized spacial score (nSPS) is 9.85. The first-order valence-electron chi connectivity index (χ1n) is 6.00. The second-order valence-electron chi connectivity index (χ2n) is 4.20. The topological polar surface area (TPSA) is 81.4 Å². The van der Waals surface area contributed by atoms with E-state index in [1.807, 2.05) is 0 Å². The van der Waals surface area contributed by atoms with Gasteiger partial charge < -0.3 is 15.8 Å². The monoisotopic (exact) mass is 270 g/mol. The summed E-state index contributed by atoms with van der Waals surface area (Å²) in [6, 6.07) is 13.5. The number of ether oxygens (including phenoxy) is 1. The zero-order chi connectivity index (χ0) is 14.5. The van der Waals surface area contributed by atoms with Crippen LogP contribution in [0.1, 0.15) is 17.3 Å². The number of hydrogen-bond acceptors (Lipinski definition) is 3. The van der Waals surface area contributed by atoms with Crippen molar-refractivity contribution in [1.82, 2.24) is 0 Å². The van der Waals surface area contributed by atoms with Gasteiger partial charge >= 0.3 is 0 Å². The lowest BCUT2D eigenvalue weighted by atomic mass is 10.2. The number of primary amides is 1. The Kier molecular flexibility index (Phi) is 4.00. The molecule has 5 nitrogen and oxygen atoms in total. The third kappa shape index (κ3) is 3.58. The Morgan fingerprint density at radius 1 is 1.05 bits per heavy atom. The largest absolute Gasteiger partial charge is 0.457 e. The summed E-state index contributed by atoms with van der Waals surface area (Å²) < 4.78 is 5.61. The van der Waals surface area contributed by atoms with E-state index >= 15 is 0 Å². The van der Waals surface area contributed by atoms with Crippen LogP contribution in [0.3, 0.4) is 0 Å². The van der Waals surface area contributed by atoms with E-state index in [9.17, 15) is 9.59 Å². The number of carbonyl (C=O) groups is 2.